The quantitative estimate of drug-likeness (QED) is 0.147. The van der Waals surface area contributed by atoms with Crippen molar-refractivity contribution in [1.29, 1.82) is 0 Å². The first-order valence-electron chi connectivity index (χ1n) is 15.2. The lowest BCUT2D eigenvalue weighted by Crippen LogP contribution is -2.48. The zero-order chi connectivity index (χ0) is 31.7. The minimum atomic E-state index is -0.669. The molecule has 0 spiro atoms. The van der Waals surface area contributed by atoms with E-state index in [1.165, 1.54) is 19.2 Å². The number of non-ortho nitro benzene ring substituents is 1. The van der Waals surface area contributed by atoms with E-state index in [9.17, 15) is 24.5 Å². The predicted molar refractivity (Wildman–Crippen MR) is 167 cm³/mol. The molecule has 2 heterocycles. The molecule has 2 aliphatic rings. The molecule has 234 valence electrons. The van der Waals surface area contributed by atoms with Crippen LogP contribution in [0.3, 0.4) is 0 Å². The van der Waals surface area contributed by atoms with E-state index >= 15 is 0 Å². The maximum absolute atomic E-state index is 12.9. The first-order chi connectivity index (χ1) is 21.3. The molecule has 0 aliphatic carbocycles. The van der Waals surface area contributed by atoms with Gasteiger partial charge in [0, 0.05) is 24.4 Å². The molecule has 0 bridgehead atoms. The highest BCUT2D eigenvalue weighted by Gasteiger charge is 2.44. The molecule has 0 radical (unpaired) electrons. The fraction of sp³-hybridized carbons (Fsp3) is 0.455. The monoisotopic (exact) mass is 603 g/mol. The minimum Gasteiger partial charge on any atom is -0.468 e. The van der Waals surface area contributed by atoms with Crippen molar-refractivity contribution >= 4 is 30.2 Å². The van der Waals surface area contributed by atoms with Gasteiger partial charge in [0.25, 0.3) is 5.69 Å². The van der Waals surface area contributed by atoms with E-state index in [2.05, 4.69) is 10.2 Å². The van der Waals surface area contributed by atoms with E-state index < -0.39 is 22.3 Å². The number of ether oxygens (including phenoxy) is 1. The Morgan fingerprint density at radius 1 is 1.11 bits per heavy atom. The third-order valence-corrected chi connectivity index (χ3v) is 8.89. The van der Waals surface area contributed by atoms with E-state index in [4.69, 9.17) is 9.73 Å². The van der Waals surface area contributed by atoms with Gasteiger partial charge in [-0.1, -0.05) is 56.3 Å². The van der Waals surface area contributed by atoms with Crippen molar-refractivity contribution in [3.63, 3.8) is 0 Å². The molecule has 1 N–H and O–H groups in total. The van der Waals surface area contributed by atoms with Crippen LogP contribution in [0.1, 0.15) is 63.0 Å². The Balaban J connectivity index is 1.54. The number of esters is 1. The molecule has 2 atom stereocenters. The van der Waals surface area contributed by atoms with E-state index in [1.807, 2.05) is 44.2 Å². The Morgan fingerprint density at radius 3 is 2.34 bits per heavy atom. The maximum atomic E-state index is 12.9. The number of nitro benzene ring substituents is 1. The van der Waals surface area contributed by atoms with Crippen LogP contribution < -0.4 is 5.32 Å². The Labute approximate surface area is 258 Å². The molecule has 4 rings (SSSR count). The molecule has 11 heteroatoms. The topological polar surface area (TPSA) is 134 Å². The van der Waals surface area contributed by atoms with Crippen molar-refractivity contribution in [2.24, 2.45) is 4.99 Å². The molecule has 11 nitrogen and oxygen atoms in total. The summed E-state index contributed by atoms with van der Waals surface area (Å²) in [5.74, 6) is -0.662. The normalized spacial score (nSPS) is 19.9. The molecule has 1 saturated heterocycles. The number of aliphatic imine (C=N–C) groups is 1. The molecule has 2 aromatic rings. The number of rotatable bonds is 14. The average Bonchev–Trinajstić information content (AvgIpc) is 3.07. The molecule has 0 aromatic heterocycles. The van der Waals surface area contributed by atoms with Gasteiger partial charge in [-0.2, -0.15) is 0 Å². The molecule has 1 fully saturated rings. The Kier molecular flexibility index (Phi) is 11.0. The summed E-state index contributed by atoms with van der Waals surface area (Å²) in [7, 11) is 1.44. The molecule has 0 saturated carbocycles. The first kappa shape index (κ1) is 32.5. The van der Waals surface area contributed by atoms with Gasteiger partial charge in [-0.25, -0.2) is 0 Å². The van der Waals surface area contributed by atoms with Gasteiger partial charge in [0.05, 0.1) is 40.8 Å². The standard InChI is InChI=1S/C33H41N5O6/c1-4-27-30(34-22-39)29(24-12-14-26(15-13-24)38(42)43)31(28(5-2)35-27)37(23-40)19-9-18-36-20-16-33(17-21-36,32(41)44-3)25-10-7-6-8-11-25/h6-8,10-15,22-23,29-30H,4-5,9,16-21H2,1-3H3,(H,34,39). The third-order valence-electron chi connectivity index (χ3n) is 8.89. The largest absolute Gasteiger partial charge is 0.468 e. The van der Waals surface area contributed by atoms with Gasteiger partial charge in [-0.3, -0.25) is 29.5 Å². The second-order valence-corrected chi connectivity index (χ2v) is 11.2. The van der Waals surface area contributed by atoms with Crippen LogP contribution in [-0.2, 0) is 24.5 Å². The third kappa shape index (κ3) is 6.72. The zero-order valence-electron chi connectivity index (χ0n) is 25.6. The zero-order valence-corrected chi connectivity index (χ0v) is 25.6. The van der Waals surface area contributed by atoms with Crippen LogP contribution in [0.2, 0.25) is 0 Å². The number of nitro groups is 1. The highest BCUT2D eigenvalue weighted by molar-refractivity contribution is 5.94. The average molecular weight is 604 g/mol. The lowest BCUT2D eigenvalue weighted by atomic mass is 9.72. The number of methoxy groups -OCH3 is 1. The lowest BCUT2D eigenvalue weighted by Gasteiger charge is -2.40. The summed E-state index contributed by atoms with van der Waals surface area (Å²) in [5, 5.41) is 14.2. The van der Waals surface area contributed by atoms with Gasteiger partial charge < -0.3 is 19.9 Å². The number of benzene rings is 2. The summed E-state index contributed by atoms with van der Waals surface area (Å²) >= 11 is 0. The summed E-state index contributed by atoms with van der Waals surface area (Å²) in [6.45, 7) is 6.53. The van der Waals surface area contributed by atoms with Crippen LogP contribution in [0.15, 0.2) is 71.0 Å². The van der Waals surface area contributed by atoms with Crippen molar-refractivity contribution in [1.82, 2.24) is 15.1 Å². The van der Waals surface area contributed by atoms with E-state index in [-0.39, 0.29) is 11.7 Å². The molecule has 2 aliphatic heterocycles. The number of hydrogen-bond donors (Lipinski definition) is 1. The molecule has 2 amide bonds. The van der Waals surface area contributed by atoms with Crippen LogP contribution in [0, 0.1) is 10.1 Å². The fourth-order valence-corrected chi connectivity index (χ4v) is 6.57. The van der Waals surface area contributed by atoms with Gasteiger partial charge in [0.1, 0.15) is 0 Å². The van der Waals surface area contributed by atoms with Crippen molar-refractivity contribution in [2.75, 3.05) is 33.3 Å². The van der Waals surface area contributed by atoms with Crippen LogP contribution in [0.5, 0.6) is 0 Å². The molecule has 44 heavy (non-hydrogen) atoms. The van der Waals surface area contributed by atoms with Crippen molar-refractivity contribution < 1.29 is 24.0 Å². The van der Waals surface area contributed by atoms with Crippen LogP contribution in [0.25, 0.3) is 0 Å². The van der Waals surface area contributed by atoms with Crippen molar-refractivity contribution in [3.8, 4) is 0 Å². The van der Waals surface area contributed by atoms with Gasteiger partial charge in [-0.15, -0.1) is 0 Å². The number of allylic oxidation sites excluding steroid dienone is 1. The van der Waals surface area contributed by atoms with E-state index in [0.29, 0.717) is 50.8 Å². The number of likely N-dealkylation sites (tertiary alicyclic amines) is 1. The predicted octanol–water partition coefficient (Wildman–Crippen LogP) is 4.33. The van der Waals surface area contributed by atoms with Crippen molar-refractivity contribution in [2.45, 2.75) is 63.3 Å². The number of piperidine rings is 1. The fourth-order valence-electron chi connectivity index (χ4n) is 6.57. The smallest absolute Gasteiger partial charge is 0.316 e. The second kappa shape index (κ2) is 14.9. The number of hydrogen-bond acceptors (Lipinski definition) is 8. The molecular formula is C33H41N5O6. The van der Waals surface area contributed by atoms with Gasteiger partial charge in [0.2, 0.25) is 12.8 Å². The molecular weight excluding hydrogens is 562 g/mol. The molecule has 2 unspecified atom stereocenters. The summed E-state index contributed by atoms with van der Waals surface area (Å²) in [6.07, 6.45) is 4.57. The Morgan fingerprint density at radius 2 is 1.80 bits per heavy atom. The summed E-state index contributed by atoms with van der Waals surface area (Å²) < 4.78 is 5.23. The number of nitrogens with one attached hydrogen (secondary N) is 1. The van der Waals surface area contributed by atoms with Gasteiger partial charge >= 0.3 is 5.97 Å². The minimum absolute atomic E-state index is 0.0349. The summed E-state index contributed by atoms with van der Waals surface area (Å²) in [6, 6.07) is 15.5. The maximum Gasteiger partial charge on any atom is 0.316 e. The van der Waals surface area contributed by atoms with E-state index in [1.54, 1.807) is 17.0 Å². The number of carbonyl (C=O) groups excluding carboxylic acids is 3. The lowest BCUT2D eigenvalue weighted by molar-refractivity contribution is -0.384. The van der Waals surface area contributed by atoms with Crippen molar-refractivity contribution in [3.05, 3.63) is 87.2 Å². The second-order valence-electron chi connectivity index (χ2n) is 11.2. The number of amides is 2. The molecule has 2 aromatic carbocycles. The van der Waals surface area contributed by atoms with Crippen LogP contribution >= 0.6 is 0 Å². The Bertz CT molecular complexity index is 1380. The highest BCUT2D eigenvalue weighted by atomic mass is 16.6. The SMILES string of the molecule is CCC1=NC(CC)=C(N(C=O)CCCN2CCC(C(=O)OC)(c3ccccc3)CC2)C(c2ccc([N+](=O)[O-])cc2)C1NC=O. The van der Waals surface area contributed by atoms with Gasteiger partial charge in [-0.05, 0) is 62.9 Å². The summed E-state index contributed by atoms with van der Waals surface area (Å²) in [5.41, 5.74) is 3.25. The number of carbonyl (C=O) groups is 3. The first-order valence-corrected chi connectivity index (χ1v) is 15.2. The van der Waals surface area contributed by atoms with Gasteiger partial charge in [0.15, 0.2) is 0 Å². The van der Waals surface area contributed by atoms with Crippen LogP contribution in [-0.4, -0.2) is 78.6 Å². The van der Waals surface area contributed by atoms with Crippen LogP contribution in [0.4, 0.5) is 5.69 Å². The Hall–Kier alpha value is -4.38. The van der Waals surface area contributed by atoms with E-state index in [0.717, 1.165) is 48.6 Å². The summed E-state index contributed by atoms with van der Waals surface area (Å²) in [4.78, 5) is 57.0. The number of nitrogens with zero attached hydrogens (tertiary/aromatic N) is 4. The highest BCUT2D eigenvalue weighted by Crippen LogP contribution is 2.39.